The van der Waals surface area contributed by atoms with Crippen molar-refractivity contribution in [3.8, 4) is 0 Å². The number of aryl methyl sites for hydroxylation is 1. The van der Waals surface area contributed by atoms with E-state index in [0.29, 0.717) is 6.42 Å². The van der Waals surface area contributed by atoms with Gasteiger partial charge in [0.15, 0.2) is 11.6 Å². The number of hydrogen-bond acceptors (Lipinski definition) is 2. The third-order valence-electron chi connectivity index (χ3n) is 4.09. The molecule has 0 radical (unpaired) electrons. The molecular weight excluding hydrogens is 306 g/mol. The Hall–Kier alpha value is -1.94. The lowest BCUT2D eigenvalue weighted by Gasteiger charge is -2.15. The predicted octanol–water partition coefficient (Wildman–Crippen LogP) is 4.18. The molecule has 0 saturated heterocycles. The van der Waals surface area contributed by atoms with E-state index in [1.54, 1.807) is 6.07 Å². The second-order valence-corrected chi connectivity index (χ2v) is 6.48. The van der Waals surface area contributed by atoms with E-state index in [9.17, 15) is 8.78 Å². The summed E-state index contributed by atoms with van der Waals surface area (Å²) in [6, 6.07) is 12.9. The molecule has 130 valence electrons. The summed E-state index contributed by atoms with van der Waals surface area (Å²) in [5.74, 6) is -1.57. The number of hydrogen-bond donors (Lipinski definition) is 1. The number of anilines is 1. The molecule has 4 heteroatoms. The molecule has 0 spiro atoms. The van der Waals surface area contributed by atoms with Crippen molar-refractivity contribution in [1.82, 2.24) is 5.32 Å². The Kier molecular flexibility index (Phi) is 6.73. The maximum absolute atomic E-state index is 13.2. The van der Waals surface area contributed by atoms with Crippen molar-refractivity contribution >= 4 is 5.69 Å². The summed E-state index contributed by atoms with van der Waals surface area (Å²) in [6.07, 6.45) is 2.75. The van der Waals surface area contributed by atoms with Crippen LogP contribution in [0.4, 0.5) is 14.5 Å². The summed E-state index contributed by atoms with van der Waals surface area (Å²) in [6.45, 7) is 2.96. The molecule has 0 aromatic heterocycles. The van der Waals surface area contributed by atoms with Crippen LogP contribution in [0, 0.1) is 11.6 Å². The van der Waals surface area contributed by atoms with E-state index in [-0.39, 0.29) is 6.04 Å². The van der Waals surface area contributed by atoms with E-state index in [4.69, 9.17) is 0 Å². The highest BCUT2D eigenvalue weighted by atomic mass is 19.2. The minimum atomic E-state index is -0.792. The van der Waals surface area contributed by atoms with Crippen LogP contribution in [0.1, 0.15) is 24.5 Å². The zero-order valence-electron chi connectivity index (χ0n) is 14.7. The zero-order chi connectivity index (χ0) is 17.5. The minimum absolute atomic E-state index is 0.225. The summed E-state index contributed by atoms with van der Waals surface area (Å²) < 4.78 is 26.1. The van der Waals surface area contributed by atoms with Crippen LogP contribution in [-0.4, -0.2) is 26.7 Å². The molecule has 1 N–H and O–H groups in total. The first-order valence-corrected chi connectivity index (χ1v) is 8.39. The predicted molar refractivity (Wildman–Crippen MR) is 96.6 cm³/mol. The lowest BCUT2D eigenvalue weighted by atomic mass is 10.1. The van der Waals surface area contributed by atoms with Gasteiger partial charge in [0.2, 0.25) is 0 Å². The summed E-state index contributed by atoms with van der Waals surface area (Å²) in [5.41, 5.74) is 3.36. The van der Waals surface area contributed by atoms with Gasteiger partial charge in [0.05, 0.1) is 0 Å². The lowest BCUT2D eigenvalue weighted by molar-refractivity contribution is 0.501. The fraction of sp³-hybridized carbons (Fsp3) is 0.400. The molecule has 2 aromatic carbocycles. The maximum Gasteiger partial charge on any atom is 0.159 e. The molecular formula is C20H26F2N2. The molecule has 24 heavy (non-hydrogen) atoms. The van der Waals surface area contributed by atoms with Gasteiger partial charge in [-0.05, 0) is 68.1 Å². The molecule has 2 nitrogen and oxygen atoms in total. The van der Waals surface area contributed by atoms with Crippen LogP contribution in [0.3, 0.4) is 0 Å². The van der Waals surface area contributed by atoms with Gasteiger partial charge in [-0.25, -0.2) is 8.78 Å². The fourth-order valence-corrected chi connectivity index (χ4v) is 2.72. The zero-order valence-corrected chi connectivity index (χ0v) is 14.7. The number of benzene rings is 2. The van der Waals surface area contributed by atoms with E-state index < -0.39 is 11.6 Å². The SMILES string of the molecule is CC(Cc1ccc(F)c(F)c1)NCCCc1cccc(N(C)C)c1. The largest absolute Gasteiger partial charge is 0.378 e. The molecule has 2 aromatic rings. The molecule has 0 aliphatic carbocycles. The third kappa shape index (κ3) is 5.60. The molecule has 1 atom stereocenters. The van der Waals surface area contributed by atoms with Gasteiger partial charge in [-0.15, -0.1) is 0 Å². The molecule has 0 heterocycles. The van der Waals surface area contributed by atoms with Crippen molar-refractivity contribution in [3.05, 3.63) is 65.2 Å². The molecule has 2 rings (SSSR count). The van der Waals surface area contributed by atoms with Crippen molar-refractivity contribution in [3.63, 3.8) is 0 Å². The average Bonchev–Trinajstić information content (AvgIpc) is 2.55. The number of halogens is 2. The first kappa shape index (κ1) is 18.4. The smallest absolute Gasteiger partial charge is 0.159 e. The molecule has 0 aliphatic heterocycles. The molecule has 0 amide bonds. The van der Waals surface area contributed by atoms with Crippen LogP contribution in [0.25, 0.3) is 0 Å². The van der Waals surface area contributed by atoms with Gasteiger partial charge in [0.25, 0.3) is 0 Å². The summed E-state index contributed by atoms with van der Waals surface area (Å²) in [4.78, 5) is 2.10. The van der Waals surface area contributed by atoms with Crippen molar-refractivity contribution in [2.75, 3.05) is 25.5 Å². The normalized spacial score (nSPS) is 12.2. The number of nitrogens with one attached hydrogen (secondary N) is 1. The first-order valence-electron chi connectivity index (χ1n) is 8.39. The monoisotopic (exact) mass is 332 g/mol. The van der Waals surface area contributed by atoms with Gasteiger partial charge in [0, 0.05) is 25.8 Å². The van der Waals surface area contributed by atoms with Crippen LogP contribution >= 0.6 is 0 Å². The maximum atomic E-state index is 13.2. The number of nitrogens with zero attached hydrogens (tertiary/aromatic N) is 1. The summed E-state index contributed by atoms with van der Waals surface area (Å²) in [5, 5.41) is 3.45. The first-order chi connectivity index (χ1) is 11.5. The number of rotatable bonds is 8. The third-order valence-corrected chi connectivity index (χ3v) is 4.09. The van der Waals surface area contributed by atoms with E-state index in [1.165, 1.54) is 23.4 Å². The van der Waals surface area contributed by atoms with Crippen LogP contribution in [0.15, 0.2) is 42.5 Å². The van der Waals surface area contributed by atoms with Gasteiger partial charge < -0.3 is 10.2 Å². The van der Waals surface area contributed by atoms with E-state index in [0.717, 1.165) is 24.9 Å². The lowest BCUT2D eigenvalue weighted by Crippen LogP contribution is -2.29. The summed E-state index contributed by atoms with van der Waals surface area (Å²) >= 11 is 0. The van der Waals surface area contributed by atoms with E-state index >= 15 is 0 Å². The molecule has 0 bridgehead atoms. The van der Waals surface area contributed by atoms with Crippen LogP contribution in [0.5, 0.6) is 0 Å². The Morgan fingerprint density at radius 2 is 1.79 bits per heavy atom. The van der Waals surface area contributed by atoms with E-state index in [1.807, 2.05) is 14.1 Å². The molecule has 0 saturated carbocycles. The minimum Gasteiger partial charge on any atom is -0.378 e. The highest BCUT2D eigenvalue weighted by molar-refractivity contribution is 5.47. The highest BCUT2D eigenvalue weighted by Gasteiger charge is 2.07. The Labute approximate surface area is 143 Å². The van der Waals surface area contributed by atoms with Crippen molar-refractivity contribution in [1.29, 1.82) is 0 Å². The highest BCUT2D eigenvalue weighted by Crippen LogP contribution is 2.14. The van der Waals surface area contributed by atoms with Crippen molar-refractivity contribution in [2.24, 2.45) is 0 Å². The standard InChI is InChI=1S/C20H26F2N2/c1-15(12-17-9-10-19(21)20(22)14-17)23-11-5-7-16-6-4-8-18(13-16)24(2)3/h4,6,8-10,13-15,23H,5,7,11-12H2,1-3H3. The van der Waals surface area contributed by atoms with Gasteiger partial charge in [-0.2, -0.15) is 0 Å². The van der Waals surface area contributed by atoms with Gasteiger partial charge in [-0.3, -0.25) is 0 Å². The fourth-order valence-electron chi connectivity index (χ4n) is 2.72. The second kappa shape index (κ2) is 8.78. The second-order valence-electron chi connectivity index (χ2n) is 6.48. The quantitative estimate of drug-likeness (QED) is 0.730. The van der Waals surface area contributed by atoms with Crippen LogP contribution in [-0.2, 0) is 12.8 Å². The van der Waals surface area contributed by atoms with Crippen LogP contribution in [0.2, 0.25) is 0 Å². The van der Waals surface area contributed by atoms with Gasteiger partial charge in [0.1, 0.15) is 0 Å². The van der Waals surface area contributed by atoms with Crippen molar-refractivity contribution in [2.45, 2.75) is 32.2 Å². The average molecular weight is 332 g/mol. The Morgan fingerprint density at radius 3 is 2.50 bits per heavy atom. The van der Waals surface area contributed by atoms with Crippen LogP contribution < -0.4 is 10.2 Å². The van der Waals surface area contributed by atoms with E-state index in [2.05, 4.69) is 41.4 Å². The van der Waals surface area contributed by atoms with Crippen molar-refractivity contribution < 1.29 is 8.78 Å². The summed E-state index contributed by atoms with van der Waals surface area (Å²) in [7, 11) is 4.08. The Balaban J connectivity index is 1.73. The van der Waals surface area contributed by atoms with Gasteiger partial charge >= 0.3 is 0 Å². The molecule has 0 fully saturated rings. The Morgan fingerprint density at radius 1 is 1.00 bits per heavy atom. The molecule has 1 unspecified atom stereocenters. The molecule has 0 aliphatic rings. The Bertz CT molecular complexity index is 656. The van der Waals surface area contributed by atoms with Gasteiger partial charge in [-0.1, -0.05) is 18.2 Å². The topological polar surface area (TPSA) is 15.3 Å².